The maximum absolute atomic E-state index is 12.9. The molecule has 1 aliphatic carbocycles. The van der Waals surface area contributed by atoms with Crippen molar-refractivity contribution in [1.82, 2.24) is 9.80 Å². The molecule has 144 valence electrons. The van der Waals surface area contributed by atoms with Gasteiger partial charge in [0.15, 0.2) is 0 Å². The van der Waals surface area contributed by atoms with Gasteiger partial charge in [-0.2, -0.15) is 0 Å². The van der Waals surface area contributed by atoms with Gasteiger partial charge in [-0.1, -0.05) is 6.92 Å². The summed E-state index contributed by atoms with van der Waals surface area (Å²) in [7, 11) is 0. The molecular weight excluding hydrogens is 397 g/mol. The number of alkyl halides is 2. The van der Waals surface area contributed by atoms with Crippen LogP contribution in [-0.4, -0.2) is 49.0 Å². The van der Waals surface area contributed by atoms with E-state index in [-0.39, 0.29) is 17.8 Å². The van der Waals surface area contributed by atoms with Crippen molar-refractivity contribution in [3.05, 3.63) is 39.9 Å². The Balaban J connectivity index is 1.88. The Hall–Kier alpha value is -2.19. The summed E-state index contributed by atoms with van der Waals surface area (Å²) in [4.78, 5) is 50.5. The number of nitrogens with zero attached hydrogens (tertiary/aromatic N) is 3. The standard InChI is InChI=1S/C17H17Cl2N3O5/c1-15(2)13(24)20(9-16(3)8-17(16,18)19)14(25)21(15)12(23)10-4-6-11(7-5-10)22(26)27/h4-7H,8-9H2,1-3H3. The summed E-state index contributed by atoms with van der Waals surface area (Å²) in [6.07, 6.45) is 0.427. The Morgan fingerprint density at radius 1 is 1.19 bits per heavy atom. The van der Waals surface area contributed by atoms with Crippen LogP contribution in [0.3, 0.4) is 0 Å². The average Bonchev–Trinajstić information content (AvgIpc) is 3.03. The van der Waals surface area contributed by atoms with E-state index in [1.807, 2.05) is 0 Å². The van der Waals surface area contributed by atoms with Gasteiger partial charge >= 0.3 is 6.03 Å². The lowest BCUT2D eigenvalue weighted by Crippen LogP contribution is -2.47. The van der Waals surface area contributed by atoms with Gasteiger partial charge in [0, 0.05) is 29.7 Å². The van der Waals surface area contributed by atoms with E-state index in [2.05, 4.69) is 0 Å². The van der Waals surface area contributed by atoms with Crippen molar-refractivity contribution in [1.29, 1.82) is 0 Å². The van der Waals surface area contributed by atoms with E-state index in [1.54, 1.807) is 6.92 Å². The normalized spacial score (nSPS) is 25.7. The Kier molecular flexibility index (Phi) is 4.28. The van der Waals surface area contributed by atoms with Crippen LogP contribution in [0.15, 0.2) is 24.3 Å². The number of amides is 4. The van der Waals surface area contributed by atoms with Crippen LogP contribution in [0, 0.1) is 15.5 Å². The largest absolute Gasteiger partial charge is 0.334 e. The molecule has 0 N–H and O–H groups in total. The lowest BCUT2D eigenvalue weighted by molar-refractivity contribution is -0.384. The highest BCUT2D eigenvalue weighted by molar-refractivity contribution is 6.51. The summed E-state index contributed by atoms with van der Waals surface area (Å²) < 4.78 is -1.02. The number of imide groups is 2. The quantitative estimate of drug-likeness (QED) is 0.326. The fourth-order valence-electron chi connectivity index (χ4n) is 3.17. The second kappa shape index (κ2) is 5.90. The summed E-state index contributed by atoms with van der Waals surface area (Å²) in [6.45, 7) is 4.72. The topological polar surface area (TPSA) is 101 Å². The summed E-state index contributed by atoms with van der Waals surface area (Å²) in [5, 5.41) is 10.8. The molecule has 10 heteroatoms. The van der Waals surface area contributed by atoms with Gasteiger partial charge in [0.1, 0.15) is 9.87 Å². The van der Waals surface area contributed by atoms with E-state index in [0.29, 0.717) is 6.42 Å². The lowest BCUT2D eigenvalue weighted by Gasteiger charge is -2.25. The van der Waals surface area contributed by atoms with E-state index < -0.39 is 38.1 Å². The van der Waals surface area contributed by atoms with E-state index in [4.69, 9.17) is 23.2 Å². The molecule has 0 spiro atoms. The van der Waals surface area contributed by atoms with Crippen LogP contribution in [0.25, 0.3) is 0 Å². The fourth-order valence-corrected chi connectivity index (χ4v) is 3.88. The number of benzene rings is 1. The first-order valence-electron chi connectivity index (χ1n) is 8.15. The molecule has 1 heterocycles. The zero-order valence-corrected chi connectivity index (χ0v) is 16.4. The molecular formula is C17H17Cl2N3O5. The second-order valence-electron chi connectivity index (χ2n) is 7.62. The van der Waals surface area contributed by atoms with Crippen molar-refractivity contribution >= 4 is 46.7 Å². The number of urea groups is 1. The molecule has 0 bridgehead atoms. The van der Waals surface area contributed by atoms with Crippen LogP contribution in [0.1, 0.15) is 37.6 Å². The third kappa shape index (κ3) is 2.96. The Morgan fingerprint density at radius 3 is 2.15 bits per heavy atom. The maximum Gasteiger partial charge on any atom is 0.334 e. The van der Waals surface area contributed by atoms with E-state index in [0.717, 1.165) is 9.80 Å². The van der Waals surface area contributed by atoms with Crippen LogP contribution < -0.4 is 0 Å². The van der Waals surface area contributed by atoms with Gasteiger partial charge in [-0.25, -0.2) is 9.69 Å². The molecule has 1 saturated heterocycles. The number of rotatable bonds is 4. The van der Waals surface area contributed by atoms with Crippen LogP contribution in [-0.2, 0) is 4.79 Å². The molecule has 8 nitrogen and oxygen atoms in total. The Bertz CT molecular complexity index is 868. The molecule has 27 heavy (non-hydrogen) atoms. The molecule has 0 radical (unpaired) electrons. The highest BCUT2D eigenvalue weighted by Crippen LogP contribution is 2.64. The van der Waals surface area contributed by atoms with Gasteiger partial charge < -0.3 is 0 Å². The first kappa shape index (κ1) is 19.6. The number of hydrogen-bond acceptors (Lipinski definition) is 5. The number of halogens is 2. The van der Waals surface area contributed by atoms with Crippen molar-refractivity contribution in [2.45, 2.75) is 37.1 Å². The number of hydrogen-bond donors (Lipinski definition) is 0. The SMILES string of the molecule is CC1(C)C(=O)N(CC2(C)CC2(Cl)Cl)C(=O)N1C(=O)c1ccc([N+](=O)[O-])cc1. The van der Waals surface area contributed by atoms with Crippen molar-refractivity contribution in [2.75, 3.05) is 6.54 Å². The average molecular weight is 414 g/mol. The third-order valence-electron chi connectivity index (χ3n) is 5.16. The van der Waals surface area contributed by atoms with Gasteiger partial charge in [-0.3, -0.25) is 24.6 Å². The van der Waals surface area contributed by atoms with Gasteiger partial charge in [-0.15, -0.1) is 23.2 Å². The zero-order valence-electron chi connectivity index (χ0n) is 14.9. The van der Waals surface area contributed by atoms with Gasteiger partial charge in [0.25, 0.3) is 17.5 Å². The van der Waals surface area contributed by atoms with Crippen molar-refractivity contribution in [2.24, 2.45) is 5.41 Å². The minimum absolute atomic E-state index is 0.00510. The third-order valence-corrected chi connectivity index (χ3v) is 6.33. The molecule has 1 aliphatic heterocycles. The van der Waals surface area contributed by atoms with Crippen molar-refractivity contribution in [3.8, 4) is 0 Å². The minimum atomic E-state index is -1.40. The van der Waals surface area contributed by atoms with E-state index in [9.17, 15) is 24.5 Å². The first-order valence-corrected chi connectivity index (χ1v) is 8.90. The van der Waals surface area contributed by atoms with Gasteiger partial charge in [0.05, 0.1) is 4.92 Å². The highest BCUT2D eigenvalue weighted by atomic mass is 35.5. The van der Waals surface area contributed by atoms with Crippen molar-refractivity contribution < 1.29 is 19.3 Å². The number of carbonyl (C=O) groups is 3. The molecule has 1 aromatic carbocycles. The van der Waals surface area contributed by atoms with Gasteiger partial charge in [-0.05, 0) is 32.4 Å². The zero-order chi connectivity index (χ0) is 20.4. The molecule has 1 unspecified atom stereocenters. The Labute approximate surface area is 165 Å². The van der Waals surface area contributed by atoms with Crippen LogP contribution in [0.5, 0.6) is 0 Å². The predicted molar refractivity (Wildman–Crippen MR) is 97.6 cm³/mol. The molecule has 1 atom stereocenters. The second-order valence-corrected chi connectivity index (χ2v) is 9.10. The minimum Gasteiger partial charge on any atom is -0.272 e. The molecule has 2 aliphatic rings. The fraction of sp³-hybridized carbons (Fsp3) is 0.471. The predicted octanol–water partition coefficient (Wildman–Crippen LogP) is 3.36. The van der Waals surface area contributed by atoms with E-state index >= 15 is 0 Å². The summed E-state index contributed by atoms with van der Waals surface area (Å²) in [6, 6.07) is 4.08. The molecule has 0 aromatic heterocycles. The Morgan fingerprint density at radius 2 is 1.70 bits per heavy atom. The van der Waals surface area contributed by atoms with Crippen LogP contribution in [0.4, 0.5) is 10.5 Å². The molecule has 1 saturated carbocycles. The maximum atomic E-state index is 12.9. The number of carbonyl (C=O) groups excluding carboxylic acids is 3. The summed E-state index contributed by atoms with van der Waals surface area (Å²) in [5.74, 6) is -1.24. The molecule has 1 aromatic rings. The summed E-state index contributed by atoms with van der Waals surface area (Å²) >= 11 is 12.2. The molecule has 2 fully saturated rings. The van der Waals surface area contributed by atoms with Crippen LogP contribution >= 0.6 is 23.2 Å². The number of non-ortho nitro benzene ring substituents is 1. The smallest absolute Gasteiger partial charge is 0.272 e. The molecule has 3 rings (SSSR count). The number of nitro groups is 1. The van der Waals surface area contributed by atoms with Crippen molar-refractivity contribution in [3.63, 3.8) is 0 Å². The van der Waals surface area contributed by atoms with Crippen LogP contribution in [0.2, 0.25) is 0 Å². The number of nitro benzene ring substituents is 1. The first-order chi connectivity index (χ1) is 12.3. The lowest BCUT2D eigenvalue weighted by atomic mass is 10.0. The highest BCUT2D eigenvalue weighted by Gasteiger charge is 2.66. The molecule has 4 amide bonds. The monoisotopic (exact) mass is 413 g/mol. The van der Waals surface area contributed by atoms with Gasteiger partial charge in [0.2, 0.25) is 0 Å². The van der Waals surface area contributed by atoms with E-state index in [1.165, 1.54) is 38.1 Å². The summed E-state index contributed by atoms with van der Waals surface area (Å²) in [5.41, 5.74) is -2.15.